The van der Waals surface area contributed by atoms with Gasteiger partial charge in [-0.15, -0.1) is 0 Å². The van der Waals surface area contributed by atoms with Crippen LogP contribution in [0.5, 0.6) is 0 Å². The molecule has 2 bridgehead atoms. The van der Waals surface area contributed by atoms with Gasteiger partial charge in [-0.3, -0.25) is 9.69 Å². The summed E-state index contributed by atoms with van der Waals surface area (Å²) < 4.78 is 39.8. The van der Waals surface area contributed by atoms with Gasteiger partial charge in [0.2, 0.25) is 0 Å². The molecule has 2 aromatic rings. The van der Waals surface area contributed by atoms with E-state index in [1.54, 1.807) is 0 Å². The highest BCUT2D eigenvalue weighted by atomic mass is 35.5. The van der Waals surface area contributed by atoms with Crippen LogP contribution in [0.3, 0.4) is 0 Å². The summed E-state index contributed by atoms with van der Waals surface area (Å²) in [5.74, 6) is -0.101. The summed E-state index contributed by atoms with van der Waals surface area (Å²) in [5.41, 5.74) is -0.511. The molecule has 8 heteroatoms. The lowest BCUT2D eigenvalue weighted by Gasteiger charge is -2.48. The fraction of sp³-hybridized carbons (Fsp3) is 0.409. The van der Waals surface area contributed by atoms with E-state index in [-0.39, 0.29) is 22.7 Å². The van der Waals surface area contributed by atoms with Crippen molar-refractivity contribution >= 4 is 29.1 Å². The second-order valence-corrected chi connectivity index (χ2v) is 8.71. The smallest absolute Gasteiger partial charge is 0.344 e. The number of nitrogens with zero attached hydrogens (tertiary/aromatic N) is 1. The highest BCUT2D eigenvalue weighted by molar-refractivity contribution is 6.40. The average Bonchev–Trinajstić information content (AvgIpc) is 2.72. The molecule has 3 nitrogen and oxygen atoms in total. The van der Waals surface area contributed by atoms with Crippen LogP contribution in [0.15, 0.2) is 42.5 Å². The van der Waals surface area contributed by atoms with Crippen LogP contribution >= 0.6 is 23.2 Å². The van der Waals surface area contributed by atoms with Gasteiger partial charge >= 0.3 is 6.18 Å². The van der Waals surface area contributed by atoms with Crippen molar-refractivity contribution in [1.82, 2.24) is 10.2 Å². The Morgan fingerprint density at radius 3 is 2.30 bits per heavy atom. The maximum absolute atomic E-state index is 13.3. The van der Waals surface area contributed by atoms with Crippen LogP contribution < -0.4 is 5.32 Å². The van der Waals surface area contributed by atoms with Gasteiger partial charge in [0.1, 0.15) is 0 Å². The summed E-state index contributed by atoms with van der Waals surface area (Å²) in [4.78, 5) is 15.5. The normalized spacial score (nSPS) is 24.5. The molecular weight excluding hydrogens is 436 g/mol. The van der Waals surface area contributed by atoms with E-state index in [4.69, 9.17) is 23.2 Å². The molecule has 1 amide bonds. The molecule has 3 heterocycles. The third kappa shape index (κ3) is 4.18. The summed E-state index contributed by atoms with van der Waals surface area (Å²) >= 11 is 12.1. The maximum atomic E-state index is 13.3. The fourth-order valence-corrected chi connectivity index (χ4v) is 5.26. The van der Waals surface area contributed by atoms with Crippen LogP contribution in [0, 0.1) is 5.92 Å². The van der Waals surface area contributed by atoms with E-state index in [0.717, 1.165) is 50.0 Å². The quantitative estimate of drug-likeness (QED) is 0.614. The number of piperidine rings is 3. The van der Waals surface area contributed by atoms with Crippen molar-refractivity contribution < 1.29 is 18.0 Å². The average molecular weight is 457 g/mol. The molecule has 0 spiro atoms. The molecule has 0 aliphatic carbocycles. The topological polar surface area (TPSA) is 32.3 Å². The van der Waals surface area contributed by atoms with E-state index in [0.29, 0.717) is 5.92 Å². The molecule has 1 unspecified atom stereocenters. The lowest BCUT2D eigenvalue weighted by molar-refractivity contribution is -0.137. The molecule has 0 saturated carbocycles. The van der Waals surface area contributed by atoms with Gasteiger partial charge in [-0.2, -0.15) is 13.2 Å². The number of amides is 1. The summed E-state index contributed by atoms with van der Waals surface area (Å²) in [6, 6.07) is 11.1. The predicted molar refractivity (Wildman–Crippen MR) is 111 cm³/mol. The Balaban J connectivity index is 1.68. The van der Waals surface area contributed by atoms with E-state index in [2.05, 4.69) is 10.2 Å². The molecule has 3 saturated heterocycles. The number of hydrogen-bond donors (Lipinski definition) is 1. The summed E-state index contributed by atoms with van der Waals surface area (Å²) in [6.45, 7) is 1.92. The minimum absolute atomic E-state index is 0.0761. The second-order valence-electron chi connectivity index (χ2n) is 7.93. The number of benzene rings is 2. The first-order valence-electron chi connectivity index (χ1n) is 9.90. The maximum Gasteiger partial charge on any atom is 0.417 e. The van der Waals surface area contributed by atoms with Gasteiger partial charge in [-0.1, -0.05) is 53.5 Å². The number of carbonyl (C=O) groups excluding carboxylic acids is 1. The van der Waals surface area contributed by atoms with E-state index >= 15 is 0 Å². The minimum Gasteiger partial charge on any atom is -0.344 e. The van der Waals surface area contributed by atoms with E-state index in [9.17, 15) is 18.0 Å². The Hall–Kier alpha value is -1.76. The van der Waals surface area contributed by atoms with Gasteiger partial charge in [0.05, 0.1) is 27.2 Å². The van der Waals surface area contributed by atoms with E-state index in [1.807, 2.05) is 30.3 Å². The molecule has 2 aromatic carbocycles. The van der Waals surface area contributed by atoms with Gasteiger partial charge < -0.3 is 5.32 Å². The number of alkyl halides is 3. The fourth-order valence-electron chi connectivity index (χ4n) is 4.61. The van der Waals surface area contributed by atoms with Crippen molar-refractivity contribution in [1.29, 1.82) is 0 Å². The third-order valence-corrected chi connectivity index (χ3v) is 6.85. The molecule has 0 aromatic heterocycles. The van der Waals surface area contributed by atoms with Crippen LogP contribution in [-0.2, 0) is 6.18 Å². The molecule has 3 fully saturated rings. The Labute approximate surface area is 183 Å². The Morgan fingerprint density at radius 2 is 1.73 bits per heavy atom. The number of rotatable bonds is 4. The number of carbonyl (C=O) groups is 1. The molecule has 5 rings (SSSR count). The molecular formula is C22H21Cl2F3N2O. The Bertz CT molecular complexity index is 928. The summed E-state index contributed by atoms with van der Waals surface area (Å²) in [5, 5.41) is 2.16. The Morgan fingerprint density at radius 1 is 1.07 bits per heavy atom. The third-order valence-electron chi connectivity index (χ3n) is 6.15. The second kappa shape index (κ2) is 8.40. The number of halogens is 5. The molecule has 1 N–H and O–H groups in total. The van der Waals surface area contributed by atoms with Crippen molar-refractivity contribution in [3.63, 3.8) is 0 Å². The van der Waals surface area contributed by atoms with E-state index < -0.39 is 22.7 Å². The lowest BCUT2D eigenvalue weighted by Crippen LogP contribution is -2.54. The Kier molecular flexibility index (Phi) is 6.02. The SMILES string of the molecule is O=C(NC(c1ccccc1)[C@@H]1CC2CCN1CC2)c1c(Cl)ccc(C(F)(F)F)c1Cl. The first-order valence-corrected chi connectivity index (χ1v) is 10.7. The largest absolute Gasteiger partial charge is 0.417 e. The van der Waals surface area contributed by atoms with Gasteiger partial charge in [0, 0.05) is 6.04 Å². The molecule has 160 valence electrons. The zero-order valence-corrected chi connectivity index (χ0v) is 17.6. The number of hydrogen-bond acceptors (Lipinski definition) is 2. The van der Waals surface area contributed by atoms with Crippen molar-refractivity contribution in [2.24, 2.45) is 5.92 Å². The van der Waals surface area contributed by atoms with Crippen molar-refractivity contribution in [3.8, 4) is 0 Å². The standard InChI is InChI=1S/C22H21Cl2F3N2O/c23-16-7-6-15(22(25,26)27)19(24)18(16)21(30)28-20(14-4-2-1-3-5-14)17-12-13-8-10-29(17)11-9-13/h1-7,13,17,20H,8-12H2,(H,28,30)/t17-,20?/m0/s1. The van der Waals surface area contributed by atoms with Gasteiger partial charge in [-0.05, 0) is 56.0 Å². The van der Waals surface area contributed by atoms with Crippen molar-refractivity contribution in [3.05, 3.63) is 69.2 Å². The minimum atomic E-state index is -4.68. The summed E-state index contributed by atoms with van der Waals surface area (Å²) in [7, 11) is 0. The van der Waals surface area contributed by atoms with Gasteiger partial charge in [-0.25, -0.2) is 0 Å². The number of nitrogens with one attached hydrogen (secondary N) is 1. The first kappa shape index (κ1) is 21.5. The molecule has 2 atom stereocenters. The van der Waals surface area contributed by atoms with Crippen LogP contribution in [0.25, 0.3) is 0 Å². The zero-order chi connectivity index (χ0) is 21.5. The lowest BCUT2D eigenvalue weighted by atomic mass is 9.79. The monoisotopic (exact) mass is 456 g/mol. The molecule has 30 heavy (non-hydrogen) atoms. The van der Waals surface area contributed by atoms with Crippen LogP contribution in [0.4, 0.5) is 13.2 Å². The van der Waals surface area contributed by atoms with Crippen LogP contribution in [0.1, 0.15) is 46.8 Å². The van der Waals surface area contributed by atoms with Crippen LogP contribution in [-0.4, -0.2) is 29.9 Å². The molecule has 3 aliphatic heterocycles. The van der Waals surface area contributed by atoms with Crippen LogP contribution in [0.2, 0.25) is 10.0 Å². The molecule has 0 radical (unpaired) electrons. The zero-order valence-electron chi connectivity index (χ0n) is 16.1. The highest BCUT2D eigenvalue weighted by Gasteiger charge is 2.40. The predicted octanol–water partition coefficient (Wildman–Crippen LogP) is 5.97. The van der Waals surface area contributed by atoms with Crippen molar-refractivity contribution in [2.75, 3.05) is 13.1 Å². The van der Waals surface area contributed by atoms with Crippen molar-refractivity contribution in [2.45, 2.75) is 37.5 Å². The van der Waals surface area contributed by atoms with Gasteiger partial charge in [0.15, 0.2) is 0 Å². The van der Waals surface area contributed by atoms with Gasteiger partial charge in [0.25, 0.3) is 5.91 Å². The molecule has 3 aliphatic rings. The first-order chi connectivity index (χ1) is 14.3. The number of fused-ring (bicyclic) bond motifs is 3. The summed E-state index contributed by atoms with van der Waals surface area (Å²) in [6.07, 6.45) is -1.47. The van der Waals surface area contributed by atoms with E-state index in [1.165, 1.54) is 0 Å². The highest BCUT2D eigenvalue weighted by Crippen LogP contribution is 2.40.